The molecule has 0 radical (unpaired) electrons. The number of hydrogen-bond acceptors (Lipinski definition) is 5. The summed E-state index contributed by atoms with van der Waals surface area (Å²) in [5.74, 6) is -0.544. The number of rotatable bonds is 7. The van der Waals surface area contributed by atoms with Gasteiger partial charge in [-0.1, -0.05) is 45.0 Å². The second-order valence-electron chi connectivity index (χ2n) is 7.70. The monoisotopic (exact) mass is 406 g/mol. The lowest BCUT2D eigenvalue weighted by atomic mass is 9.87. The molecule has 1 amide bonds. The second-order valence-corrected chi connectivity index (χ2v) is 7.70. The first-order chi connectivity index (χ1) is 14.2. The van der Waals surface area contributed by atoms with Crippen LogP contribution in [0.25, 0.3) is 6.08 Å². The number of nitriles is 1. The quantitative estimate of drug-likeness (QED) is 0.248. The number of nitrogens with zero attached hydrogens (tertiary/aromatic N) is 1. The van der Waals surface area contributed by atoms with Crippen molar-refractivity contribution in [1.29, 1.82) is 5.26 Å². The molecule has 1 N–H and O–H groups in total. The third-order valence-electron chi connectivity index (χ3n) is 4.35. The van der Waals surface area contributed by atoms with Crippen molar-refractivity contribution >= 4 is 18.0 Å². The number of carbonyl (C=O) groups excluding carboxylic acids is 2. The molecule has 0 aromatic heterocycles. The minimum absolute atomic E-state index is 0.00868. The molecule has 2 rings (SSSR count). The molecule has 0 heterocycles. The van der Waals surface area contributed by atoms with E-state index in [0.29, 0.717) is 30.0 Å². The first-order valence-corrected chi connectivity index (χ1v) is 9.56. The molecule has 0 bridgehead atoms. The van der Waals surface area contributed by atoms with Gasteiger partial charge >= 0.3 is 5.97 Å². The molecular formula is C24H26N2O4. The normalized spacial score (nSPS) is 11.5. The van der Waals surface area contributed by atoms with E-state index in [0.717, 1.165) is 5.56 Å². The highest BCUT2D eigenvalue weighted by Crippen LogP contribution is 2.23. The fourth-order valence-corrected chi connectivity index (χ4v) is 2.58. The van der Waals surface area contributed by atoms with Gasteiger partial charge in [0, 0.05) is 13.7 Å². The number of benzene rings is 2. The van der Waals surface area contributed by atoms with Crippen LogP contribution in [0.4, 0.5) is 0 Å². The third kappa shape index (κ3) is 6.57. The summed E-state index contributed by atoms with van der Waals surface area (Å²) in [6.07, 6.45) is 1.47. The maximum Gasteiger partial charge on any atom is 0.343 e. The summed E-state index contributed by atoms with van der Waals surface area (Å²) in [7, 11) is 1.53. The maximum absolute atomic E-state index is 12.4. The molecule has 0 aliphatic rings. The predicted molar refractivity (Wildman–Crippen MR) is 115 cm³/mol. The lowest BCUT2D eigenvalue weighted by Crippen LogP contribution is -2.27. The zero-order valence-electron chi connectivity index (χ0n) is 17.7. The van der Waals surface area contributed by atoms with Gasteiger partial charge in [0.2, 0.25) is 0 Å². The van der Waals surface area contributed by atoms with Crippen molar-refractivity contribution in [3.63, 3.8) is 0 Å². The molecule has 0 spiro atoms. The van der Waals surface area contributed by atoms with Crippen LogP contribution < -0.4 is 10.1 Å². The van der Waals surface area contributed by atoms with Gasteiger partial charge in [-0.15, -0.1) is 0 Å². The van der Waals surface area contributed by atoms with Gasteiger partial charge in [-0.3, -0.25) is 4.79 Å². The van der Waals surface area contributed by atoms with Gasteiger partial charge in [-0.05, 0) is 46.9 Å². The minimum atomic E-state index is -0.469. The largest absolute Gasteiger partial charge is 0.423 e. The zero-order valence-corrected chi connectivity index (χ0v) is 17.7. The number of nitrogens with one attached hydrogen (secondary N) is 1. The molecule has 0 aliphatic carbocycles. The number of carbonyl (C=O) groups is 2. The van der Waals surface area contributed by atoms with Gasteiger partial charge in [0.1, 0.15) is 17.4 Å². The highest BCUT2D eigenvalue weighted by Gasteiger charge is 2.15. The summed E-state index contributed by atoms with van der Waals surface area (Å²) >= 11 is 0. The highest BCUT2D eigenvalue weighted by atomic mass is 16.5. The van der Waals surface area contributed by atoms with Crippen LogP contribution >= 0.6 is 0 Å². The van der Waals surface area contributed by atoms with Crippen molar-refractivity contribution in [2.24, 2.45) is 0 Å². The van der Waals surface area contributed by atoms with Crippen molar-refractivity contribution in [3.05, 3.63) is 70.8 Å². The van der Waals surface area contributed by atoms with Crippen LogP contribution in [-0.4, -0.2) is 32.1 Å². The molecule has 0 saturated heterocycles. The molecule has 0 saturated carbocycles. The molecule has 156 valence electrons. The van der Waals surface area contributed by atoms with E-state index in [2.05, 4.69) is 26.1 Å². The van der Waals surface area contributed by atoms with Gasteiger partial charge in [0.05, 0.1) is 12.2 Å². The summed E-state index contributed by atoms with van der Waals surface area (Å²) in [4.78, 5) is 24.3. The average Bonchev–Trinajstić information content (AvgIpc) is 2.72. The molecule has 0 aliphatic heterocycles. The van der Waals surface area contributed by atoms with Gasteiger partial charge in [0.15, 0.2) is 0 Å². The number of ether oxygens (including phenoxy) is 2. The van der Waals surface area contributed by atoms with Crippen LogP contribution in [0.2, 0.25) is 0 Å². The Morgan fingerprint density at radius 3 is 2.23 bits per heavy atom. The molecule has 0 unspecified atom stereocenters. The fraction of sp³-hybridized carbons (Fsp3) is 0.292. The van der Waals surface area contributed by atoms with Crippen molar-refractivity contribution in [2.45, 2.75) is 26.2 Å². The van der Waals surface area contributed by atoms with Crippen molar-refractivity contribution in [1.82, 2.24) is 5.32 Å². The van der Waals surface area contributed by atoms with E-state index in [9.17, 15) is 14.9 Å². The van der Waals surface area contributed by atoms with E-state index >= 15 is 0 Å². The maximum atomic E-state index is 12.4. The first kappa shape index (κ1) is 22.9. The first-order valence-electron chi connectivity index (χ1n) is 9.56. The van der Waals surface area contributed by atoms with Crippen LogP contribution in [0.15, 0.2) is 54.1 Å². The van der Waals surface area contributed by atoms with Crippen molar-refractivity contribution in [2.75, 3.05) is 20.3 Å². The summed E-state index contributed by atoms with van der Waals surface area (Å²) in [5.41, 5.74) is 2.23. The summed E-state index contributed by atoms with van der Waals surface area (Å²) in [6.45, 7) is 7.01. The van der Waals surface area contributed by atoms with E-state index in [1.54, 1.807) is 36.4 Å². The van der Waals surface area contributed by atoms with E-state index in [-0.39, 0.29) is 11.0 Å². The van der Waals surface area contributed by atoms with E-state index in [4.69, 9.17) is 9.47 Å². The molecule has 6 nitrogen and oxygen atoms in total. The van der Waals surface area contributed by atoms with Crippen molar-refractivity contribution in [3.8, 4) is 11.8 Å². The van der Waals surface area contributed by atoms with Crippen LogP contribution in [0.1, 0.15) is 42.3 Å². The van der Waals surface area contributed by atoms with Gasteiger partial charge < -0.3 is 14.8 Å². The smallest absolute Gasteiger partial charge is 0.343 e. The lowest BCUT2D eigenvalue weighted by Gasteiger charge is -2.18. The number of methoxy groups -OCH3 is 1. The summed E-state index contributed by atoms with van der Waals surface area (Å²) in [6, 6.07) is 15.8. The Bertz CT molecular complexity index is 947. The SMILES string of the molecule is COCCNC(=O)/C(C#N)=C/c1ccc(OC(=O)c2ccc(C(C)(C)C)cc2)cc1. The lowest BCUT2D eigenvalue weighted by molar-refractivity contribution is -0.117. The molecule has 2 aromatic rings. The summed E-state index contributed by atoms with van der Waals surface area (Å²) in [5, 5.41) is 11.8. The number of hydrogen-bond donors (Lipinski definition) is 1. The molecule has 0 fully saturated rings. The molecule has 30 heavy (non-hydrogen) atoms. The van der Waals surface area contributed by atoms with Crippen LogP contribution in [-0.2, 0) is 14.9 Å². The van der Waals surface area contributed by atoms with E-state index in [1.165, 1.54) is 13.2 Å². The standard InChI is InChI=1S/C24H26N2O4/c1-24(2,3)20-9-7-18(8-10-20)23(28)30-21-11-5-17(6-12-21)15-19(16-25)22(27)26-13-14-29-4/h5-12,15H,13-14H2,1-4H3,(H,26,27)/b19-15+. The summed E-state index contributed by atoms with van der Waals surface area (Å²) < 4.78 is 10.3. The Hall–Kier alpha value is -3.43. The third-order valence-corrected chi connectivity index (χ3v) is 4.35. The van der Waals surface area contributed by atoms with E-state index < -0.39 is 11.9 Å². The molecular weight excluding hydrogens is 380 g/mol. The molecule has 2 aromatic carbocycles. The number of amides is 1. The Morgan fingerprint density at radius 1 is 1.07 bits per heavy atom. The molecule has 0 atom stereocenters. The van der Waals surface area contributed by atoms with Gasteiger partial charge in [-0.25, -0.2) is 4.79 Å². The zero-order chi connectivity index (χ0) is 22.1. The average molecular weight is 406 g/mol. The Balaban J connectivity index is 2.04. The van der Waals surface area contributed by atoms with Crippen molar-refractivity contribution < 1.29 is 19.1 Å². The minimum Gasteiger partial charge on any atom is -0.423 e. The van der Waals surface area contributed by atoms with Crippen LogP contribution in [0, 0.1) is 11.3 Å². The van der Waals surface area contributed by atoms with E-state index in [1.807, 2.05) is 18.2 Å². The van der Waals surface area contributed by atoms with Crippen LogP contribution in [0.5, 0.6) is 5.75 Å². The fourth-order valence-electron chi connectivity index (χ4n) is 2.58. The number of esters is 1. The Kier molecular flexibility index (Phi) is 7.90. The molecule has 6 heteroatoms. The van der Waals surface area contributed by atoms with Crippen LogP contribution in [0.3, 0.4) is 0 Å². The Labute approximate surface area is 177 Å². The van der Waals surface area contributed by atoms with Gasteiger partial charge in [0.25, 0.3) is 5.91 Å². The second kappa shape index (κ2) is 10.4. The predicted octanol–water partition coefficient (Wildman–Crippen LogP) is 3.87. The highest BCUT2D eigenvalue weighted by molar-refractivity contribution is 6.01. The Morgan fingerprint density at radius 2 is 1.70 bits per heavy atom. The topological polar surface area (TPSA) is 88.4 Å². The van der Waals surface area contributed by atoms with Gasteiger partial charge in [-0.2, -0.15) is 5.26 Å².